The first-order valence-corrected chi connectivity index (χ1v) is 4.45. The number of carbonyl (C=O) groups is 1. The lowest BCUT2D eigenvalue weighted by Gasteiger charge is -2.02. The van der Waals surface area contributed by atoms with Crippen molar-refractivity contribution in [2.45, 2.75) is 6.54 Å². The number of rotatable bonds is 3. The lowest BCUT2D eigenvalue weighted by molar-refractivity contribution is -0.117. The van der Waals surface area contributed by atoms with E-state index in [4.69, 9.17) is 5.73 Å². The van der Waals surface area contributed by atoms with Crippen molar-refractivity contribution in [3.05, 3.63) is 24.8 Å². The molecule has 0 aliphatic carbocycles. The van der Waals surface area contributed by atoms with Gasteiger partial charge in [0.15, 0.2) is 5.82 Å². The van der Waals surface area contributed by atoms with Crippen LogP contribution in [0.25, 0.3) is 0 Å². The van der Waals surface area contributed by atoms with Gasteiger partial charge < -0.3 is 11.1 Å². The Morgan fingerprint density at radius 2 is 2.44 bits per heavy atom. The molecule has 0 atom stereocenters. The van der Waals surface area contributed by atoms with E-state index in [9.17, 15) is 4.79 Å². The maximum atomic E-state index is 11.5. The van der Waals surface area contributed by atoms with E-state index in [0.717, 1.165) is 0 Å². The monoisotopic (exact) mass is 219 g/mol. The number of nitrogen functional groups attached to an aromatic ring is 1. The topological polar surface area (TPSA) is 112 Å². The Morgan fingerprint density at radius 1 is 1.56 bits per heavy atom. The summed E-state index contributed by atoms with van der Waals surface area (Å²) in [5.41, 5.74) is 5.36. The average molecular weight is 219 g/mol. The van der Waals surface area contributed by atoms with Gasteiger partial charge in [-0.2, -0.15) is 9.90 Å². The third-order valence-electron chi connectivity index (χ3n) is 1.69. The van der Waals surface area contributed by atoms with Gasteiger partial charge in [0.25, 0.3) is 0 Å². The van der Waals surface area contributed by atoms with Crippen molar-refractivity contribution >= 4 is 17.5 Å². The summed E-state index contributed by atoms with van der Waals surface area (Å²) in [4.78, 5) is 20.3. The summed E-state index contributed by atoms with van der Waals surface area (Å²) < 4.78 is 0. The van der Waals surface area contributed by atoms with Crippen molar-refractivity contribution in [2.24, 2.45) is 0 Å². The molecular formula is C8H9N7O. The van der Waals surface area contributed by atoms with Crippen molar-refractivity contribution in [3.63, 3.8) is 0 Å². The molecule has 0 bridgehead atoms. The fourth-order valence-corrected chi connectivity index (χ4v) is 1.06. The number of nitrogens with one attached hydrogen (secondary N) is 1. The van der Waals surface area contributed by atoms with Gasteiger partial charge in [0.1, 0.15) is 18.7 Å². The Morgan fingerprint density at radius 3 is 3.06 bits per heavy atom. The molecule has 0 aliphatic rings. The molecular weight excluding hydrogens is 210 g/mol. The van der Waals surface area contributed by atoms with Gasteiger partial charge in [0.05, 0.1) is 6.20 Å². The van der Waals surface area contributed by atoms with E-state index in [1.807, 2.05) is 0 Å². The van der Waals surface area contributed by atoms with E-state index in [1.54, 1.807) is 6.07 Å². The largest absolute Gasteiger partial charge is 0.381 e. The van der Waals surface area contributed by atoms with Crippen LogP contribution < -0.4 is 11.1 Å². The molecule has 2 heterocycles. The van der Waals surface area contributed by atoms with Crippen molar-refractivity contribution < 1.29 is 4.79 Å². The summed E-state index contributed by atoms with van der Waals surface area (Å²) >= 11 is 0. The maximum absolute atomic E-state index is 11.5. The van der Waals surface area contributed by atoms with Crippen LogP contribution in [0, 0.1) is 0 Å². The van der Waals surface area contributed by atoms with E-state index in [-0.39, 0.29) is 18.3 Å². The summed E-state index contributed by atoms with van der Waals surface area (Å²) in [5, 5.41) is 10.1. The third kappa shape index (κ3) is 2.50. The predicted molar refractivity (Wildman–Crippen MR) is 55.1 cm³/mol. The molecule has 0 saturated heterocycles. The number of hydrogen-bond acceptors (Lipinski definition) is 6. The molecule has 0 aliphatic heterocycles. The minimum Gasteiger partial charge on any atom is -0.381 e. The van der Waals surface area contributed by atoms with Crippen LogP contribution in [0.15, 0.2) is 24.8 Å². The van der Waals surface area contributed by atoms with Crippen molar-refractivity contribution in [1.29, 1.82) is 0 Å². The second kappa shape index (κ2) is 4.34. The second-order valence-corrected chi connectivity index (χ2v) is 2.94. The van der Waals surface area contributed by atoms with Crippen LogP contribution in [0.3, 0.4) is 0 Å². The van der Waals surface area contributed by atoms with E-state index >= 15 is 0 Å². The predicted octanol–water partition coefficient (Wildman–Crippen LogP) is -0.711. The van der Waals surface area contributed by atoms with Gasteiger partial charge in [-0.1, -0.05) is 0 Å². The molecule has 1 amide bonds. The lowest BCUT2D eigenvalue weighted by atomic mass is 10.5. The molecule has 3 N–H and O–H groups in total. The standard InChI is InChI=1S/C8H9N7O/c9-6-3-12-15(14-6)4-8(16)13-7-1-2-10-5-11-7/h1-3,5H,4H2,(H2,9,14)(H,10,11,13,16). The summed E-state index contributed by atoms with van der Waals surface area (Å²) in [6.45, 7) is -0.0127. The summed E-state index contributed by atoms with van der Waals surface area (Å²) in [6, 6.07) is 1.59. The fourth-order valence-electron chi connectivity index (χ4n) is 1.06. The van der Waals surface area contributed by atoms with Crippen LogP contribution in [0.5, 0.6) is 0 Å². The summed E-state index contributed by atoms with van der Waals surface area (Å²) in [7, 11) is 0. The van der Waals surface area contributed by atoms with Crippen LogP contribution in [0.1, 0.15) is 0 Å². The smallest absolute Gasteiger partial charge is 0.249 e. The van der Waals surface area contributed by atoms with Crippen molar-refractivity contribution in [2.75, 3.05) is 11.1 Å². The molecule has 2 aromatic heterocycles. The van der Waals surface area contributed by atoms with Gasteiger partial charge in [-0.05, 0) is 6.07 Å². The maximum Gasteiger partial charge on any atom is 0.249 e. The highest BCUT2D eigenvalue weighted by Crippen LogP contribution is 1.98. The molecule has 0 fully saturated rings. The van der Waals surface area contributed by atoms with E-state index in [1.165, 1.54) is 23.5 Å². The Kier molecular flexibility index (Phi) is 2.72. The Balaban J connectivity index is 1.95. The first-order chi connectivity index (χ1) is 7.74. The quantitative estimate of drug-likeness (QED) is 0.705. The highest BCUT2D eigenvalue weighted by Gasteiger charge is 2.05. The average Bonchev–Trinajstić information content (AvgIpc) is 2.65. The number of anilines is 2. The van der Waals surface area contributed by atoms with Gasteiger partial charge in [-0.15, -0.1) is 5.10 Å². The van der Waals surface area contributed by atoms with Crippen LogP contribution >= 0.6 is 0 Å². The third-order valence-corrected chi connectivity index (χ3v) is 1.69. The zero-order valence-electron chi connectivity index (χ0n) is 8.24. The SMILES string of the molecule is Nc1cnn(CC(=O)Nc2ccncn2)n1. The molecule has 16 heavy (non-hydrogen) atoms. The van der Waals surface area contributed by atoms with Gasteiger partial charge in [0.2, 0.25) is 5.91 Å². The zero-order chi connectivity index (χ0) is 11.4. The van der Waals surface area contributed by atoms with Crippen molar-refractivity contribution in [3.8, 4) is 0 Å². The van der Waals surface area contributed by atoms with E-state index in [2.05, 4.69) is 25.5 Å². The first kappa shape index (κ1) is 10.0. The van der Waals surface area contributed by atoms with Gasteiger partial charge >= 0.3 is 0 Å². The number of amides is 1. The van der Waals surface area contributed by atoms with Crippen LogP contribution in [0.2, 0.25) is 0 Å². The molecule has 0 radical (unpaired) electrons. The number of nitrogens with zero attached hydrogens (tertiary/aromatic N) is 5. The molecule has 2 rings (SSSR count). The second-order valence-electron chi connectivity index (χ2n) is 2.94. The normalized spacial score (nSPS) is 10.0. The lowest BCUT2D eigenvalue weighted by Crippen LogP contribution is -2.20. The number of carbonyl (C=O) groups excluding carboxylic acids is 1. The zero-order valence-corrected chi connectivity index (χ0v) is 8.24. The minimum atomic E-state index is -0.283. The summed E-state index contributed by atoms with van der Waals surface area (Å²) in [6.07, 6.45) is 4.25. The van der Waals surface area contributed by atoms with Crippen LogP contribution in [-0.2, 0) is 11.3 Å². The Bertz CT molecular complexity index is 480. The van der Waals surface area contributed by atoms with Crippen LogP contribution in [0.4, 0.5) is 11.6 Å². The van der Waals surface area contributed by atoms with Gasteiger partial charge in [-0.3, -0.25) is 4.79 Å². The highest BCUT2D eigenvalue weighted by atomic mass is 16.2. The van der Waals surface area contributed by atoms with Crippen molar-refractivity contribution in [1.82, 2.24) is 25.0 Å². The number of nitrogens with two attached hydrogens (primary N) is 1. The Labute approximate surface area is 90.5 Å². The molecule has 8 nitrogen and oxygen atoms in total. The molecule has 0 spiro atoms. The molecule has 0 unspecified atom stereocenters. The molecule has 0 aromatic carbocycles. The summed E-state index contributed by atoms with van der Waals surface area (Å²) in [5.74, 6) is 0.421. The van der Waals surface area contributed by atoms with E-state index in [0.29, 0.717) is 5.82 Å². The number of aromatic nitrogens is 5. The highest BCUT2D eigenvalue weighted by molar-refractivity contribution is 5.89. The Hall–Kier alpha value is -2.51. The van der Waals surface area contributed by atoms with E-state index < -0.39 is 0 Å². The van der Waals surface area contributed by atoms with Gasteiger partial charge in [0, 0.05) is 6.20 Å². The fraction of sp³-hybridized carbons (Fsp3) is 0.125. The molecule has 2 aromatic rings. The van der Waals surface area contributed by atoms with Crippen LogP contribution in [-0.4, -0.2) is 30.9 Å². The molecule has 0 saturated carbocycles. The van der Waals surface area contributed by atoms with Gasteiger partial charge in [-0.25, -0.2) is 9.97 Å². The number of hydrogen-bond donors (Lipinski definition) is 2. The molecule has 8 heteroatoms. The first-order valence-electron chi connectivity index (χ1n) is 4.45. The molecule has 82 valence electrons. The minimum absolute atomic E-state index is 0.0127.